The quantitative estimate of drug-likeness (QED) is 0.445. The Morgan fingerprint density at radius 3 is 2.08 bits per heavy atom. The third-order valence-electron chi connectivity index (χ3n) is 7.95. The zero-order valence-electron chi connectivity index (χ0n) is 22.1. The number of ether oxygens (including phenoxy) is 2. The van der Waals surface area contributed by atoms with Crippen molar-refractivity contribution in [3.63, 3.8) is 0 Å². The topological polar surface area (TPSA) is 76.2 Å². The molecule has 202 valence electrons. The van der Waals surface area contributed by atoms with Crippen LogP contribution in [-0.2, 0) is 21.2 Å². The van der Waals surface area contributed by atoms with Gasteiger partial charge in [-0.1, -0.05) is 49.6 Å². The monoisotopic (exact) mass is 528 g/mol. The average Bonchev–Trinajstić information content (AvgIpc) is 2.94. The molecule has 2 aromatic carbocycles. The molecule has 0 spiro atoms. The first kappa shape index (κ1) is 27.5. The number of carbonyl (C=O) groups excluding carboxylic acids is 1. The molecule has 2 fully saturated rings. The molecule has 4 rings (SSSR count). The van der Waals surface area contributed by atoms with E-state index in [0.29, 0.717) is 42.8 Å². The molecule has 0 bridgehead atoms. The number of nitrogens with zero attached hydrogens (tertiary/aromatic N) is 2. The van der Waals surface area contributed by atoms with Crippen LogP contribution in [0.25, 0.3) is 0 Å². The zero-order chi connectivity index (χ0) is 26.3. The highest BCUT2D eigenvalue weighted by atomic mass is 32.2. The average molecular weight is 529 g/mol. The lowest BCUT2D eigenvalue weighted by Crippen LogP contribution is -2.39. The van der Waals surface area contributed by atoms with Gasteiger partial charge in [-0.05, 0) is 55.2 Å². The van der Waals surface area contributed by atoms with Gasteiger partial charge in [0.1, 0.15) is 16.4 Å². The van der Waals surface area contributed by atoms with Crippen LogP contribution in [0.1, 0.15) is 50.5 Å². The van der Waals surface area contributed by atoms with Gasteiger partial charge in [0.25, 0.3) is 0 Å². The van der Waals surface area contributed by atoms with Crippen molar-refractivity contribution in [2.45, 2.75) is 56.3 Å². The molecule has 2 saturated heterocycles. The molecule has 8 heteroatoms. The van der Waals surface area contributed by atoms with Crippen molar-refractivity contribution in [1.29, 1.82) is 0 Å². The van der Waals surface area contributed by atoms with Crippen LogP contribution in [0.4, 0.5) is 0 Å². The highest BCUT2D eigenvalue weighted by molar-refractivity contribution is 7.89. The van der Waals surface area contributed by atoms with Crippen molar-refractivity contribution in [3.05, 3.63) is 54.1 Å². The van der Waals surface area contributed by atoms with Gasteiger partial charge in [0.05, 0.1) is 20.6 Å². The molecule has 2 heterocycles. The molecule has 0 unspecified atom stereocenters. The lowest BCUT2D eigenvalue weighted by atomic mass is 9.87. The van der Waals surface area contributed by atoms with Crippen LogP contribution in [0.2, 0.25) is 0 Å². The first-order valence-electron chi connectivity index (χ1n) is 13.4. The van der Waals surface area contributed by atoms with E-state index in [1.54, 1.807) is 22.5 Å². The molecule has 1 amide bonds. The van der Waals surface area contributed by atoms with E-state index in [0.717, 1.165) is 50.8 Å². The third-order valence-corrected chi connectivity index (χ3v) is 9.87. The van der Waals surface area contributed by atoms with Crippen molar-refractivity contribution >= 4 is 15.9 Å². The van der Waals surface area contributed by atoms with Gasteiger partial charge >= 0.3 is 0 Å². The van der Waals surface area contributed by atoms with Crippen molar-refractivity contribution < 1.29 is 22.7 Å². The Morgan fingerprint density at radius 2 is 1.49 bits per heavy atom. The number of sulfonamides is 1. The summed E-state index contributed by atoms with van der Waals surface area (Å²) in [6.07, 6.45) is 7.94. The van der Waals surface area contributed by atoms with E-state index in [9.17, 15) is 13.2 Å². The number of amides is 1. The summed E-state index contributed by atoms with van der Waals surface area (Å²) in [6, 6.07) is 14.9. The van der Waals surface area contributed by atoms with Crippen LogP contribution >= 0.6 is 0 Å². The van der Waals surface area contributed by atoms with Crippen molar-refractivity contribution in [3.8, 4) is 11.5 Å². The molecule has 2 aliphatic heterocycles. The molecule has 0 radical (unpaired) electrons. The molecule has 2 aliphatic rings. The fourth-order valence-corrected chi connectivity index (χ4v) is 7.25. The molecular weight excluding hydrogens is 488 g/mol. The molecule has 0 N–H and O–H groups in total. The maximum atomic E-state index is 13.3. The smallest absolute Gasteiger partial charge is 0.246 e. The SMILES string of the molecule is COc1ccc(OC)c(S(=O)(=O)N2CCC(CCCC3CCN(C(=O)Cc4ccccc4)CC3)CC2)c1. The van der Waals surface area contributed by atoms with Crippen LogP contribution in [0.3, 0.4) is 0 Å². The van der Waals surface area contributed by atoms with Gasteiger partial charge < -0.3 is 14.4 Å². The standard InChI is InChI=1S/C29H40N2O5S/c1-35-26-11-12-27(36-2)28(22-26)37(33,34)31-19-15-24(16-20-31)10-6-9-23-13-17-30(18-14-23)29(32)21-25-7-4-3-5-8-25/h3-5,7-8,11-12,22-24H,6,9-10,13-21H2,1-2H3. The van der Waals surface area contributed by atoms with Gasteiger partial charge in [0.15, 0.2) is 0 Å². The fourth-order valence-electron chi connectivity index (χ4n) is 5.61. The van der Waals surface area contributed by atoms with Crippen molar-refractivity contribution in [1.82, 2.24) is 9.21 Å². The fraction of sp³-hybridized carbons (Fsp3) is 0.552. The Hall–Kier alpha value is -2.58. The summed E-state index contributed by atoms with van der Waals surface area (Å²) in [7, 11) is -0.623. The van der Waals surface area contributed by atoms with Gasteiger partial charge in [-0.3, -0.25) is 4.79 Å². The number of hydrogen-bond acceptors (Lipinski definition) is 5. The second kappa shape index (κ2) is 12.8. The molecular formula is C29H40N2O5S. The van der Waals surface area contributed by atoms with E-state index in [1.165, 1.54) is 27.1 Å². The molecule has 0 saturated carbocycles. The third kappa shape index (κ3) is 7.05. The first-order chi connectivity index (χ1) is 17.9. The van der Waals surface area contributed by atoms with E-state index in [2.05, 4.69) is 0 Å². The highest BCUT2D eigenvalue weighted by Gasteiger charge is 2.32. The molecule has 2 aromatic rings. The van der Waals surface area contributed by atoms with Gasteiger partial charge in [-0.15, -0.1) is 0 Å². The van der Waals surface area contributed by atoms with Crippen LogP contribution in [0.15, 0.2) is 53.4 Å². The summed E-state index contributed by atoms with van der Waals surface area (Å²) in [6.45, 7) is 2.80. The normalized spacial score (nSPS) is 18.1. The minimum Gasteiger partial charge on any atom is -0.497 e. The number of piperidine rings is 2. The van der Waals surface area contributed by atoms with E-state index >= 15 is 0 Å². The Labute approximate surface area is 221 Å². The van der Waals surface area contributed by atoms with Gasteiger partial charge in [0, 0.05) is 32.2 Å². The predicted octanol–water partition coefficient (Wildman–Crippen LogP) is 4.76. The Balaban J connectivity index is 1.17. The van der Waals surface area contributed by atoms with Crippen LogP contribution in [-0.4, -0.2) is 63.9 Å². The number of benzene rings is 2. The van der Waals surface area contributed by atoms with Crippen molar-refractivity contribution in [2.75, 3.05) is 40.4 Å². The molecule has 0 atom stereocenters. The lowest BCUT2D eigenvalue weighted by Gasteiger charge is -2.33. The number of rotatable bonds is 10. The Morgan fingerprint density at radius 1 is 0.865 bits per heavy atom. The van der Waals surface area contributed by atoms with Crippen LogP contribution in [0, 0.1) is 11.8 Å². The minimum absolute atomic E-state index is 0.168. The molecule has 0 aliphatic carbocycles. The summed E-state index contributed by atoms with van der Waals surface area (Å²) in [5.41, 5.74) is 1.08. The molecule has 37 heavy (non-hydrogen) atoms. The van der Waals surface area contributed by atoms with Gasteiger partial charge in [0.2, 0.25) is 15.9 Å². The highest BCUT2D eigenvalue weighted by Crippen LogP contribution is 2.34. The Kier molecular flexibility index (Phi) is 9.49. The first-order valence-corrected chi connectivity index (χ1v) is 14.9. The number of hydrogen-bond donors (Lipinski definition) is 0. The summed E-state index contributed by atoms with van der Waals surface area (Å²) < 4.78 is 38.7. The summed E-state index contributed by atoms with van der Waals surface area (Å²) in [5.74, 6) is 2.32. The molecule has 7 nitrogen and oxygen atoms in total. The van der Waals surface area contributed by atoms with E-state index in [-0.39, 0.29) is 10.8 Å². The van der Waals surface area contributed by atoms with E-state index in [4.69, 9.17) is 9.47 Å². The summed E-state index contributed by atoms with van der Waals surface area (Å²) in [4.78, 5) is 14.8. The Bertz CT molecular complexity index is 1120. The van der Waals surface area contributed by atoms with Gasteiger partial charge in [-0.25, -0.2) is 8.42 Å². The number of likely N-dealkylation sites (tertiary alicyclic amines) is 1. The summed E-state index contributed by atoms with van der Waals surface area (Å²) in [5, 5.41) is 0. The minimum atomic E-state index is -3.63. The zero-order valence-corrected chi connectivity index (χ0v) is 22.9. The summed E-state index contributed by atoms with van der Waals surface area (Å²) >= 11 is 0. The van der Waals surface area contributed by atoms with E-state index < -0.39 is 10.0 Å². The number of methoxy groups -OCH3 is 2. The largest absolute Gasteiger partial charge is 0.497 e. The second-order valence-electron chi connectivity index (χ2n) is 10.3. The lowest BCUT2D eigenvalue weighted by molar-refractivity contribution is -0.131. The molecule has 0 aromatic heterocycles. The maximum absolute atomic E-state index is 13.3. The predicted molar refractivity (Wildman–Crippen MR) is 144 cm³/mol. The second-order valence-corrected chi connectivity index (χ2v) is 12.2. The van der Waals surface area contributed by atoms with Crippen molar-refractivity contribution in [2.24, 2.45) is 11.8 Å². The number of carbonyl (C=O) groups is 1. The van der Waals surface area contributed by atoms with Crippen LogP contribution in [0.5, 0.6) is 11.5 Å². The van der Waals surface area contributed by atoms with Crippen LogP contribution < -0.4 is 9.47 Å². The maximum Gasteiger partial charge on any atom is 0.246 e. The van der Waals surface area contributed by atoms with E-state index in [1.807, 2.05) is 35.2 Å². The van der Waals surface area contributed by atoms with Gasteiger partial charge in [-0.2, -0.15) is 4.31 Å².